The van der Waals surface area contributed by atoms with Gasteiger partial charge in [0.2, 0.25) is 5.91 Å². The zero-order chi connectivity index (χ0) is 17.2. The molecule has 0 aromatic carbocycles. The molecule has 2 saturated carbocycles. The number of rotatable bonds is 6. The lowest BCUT2D eigenvalue weighted by molar-refractivity contribution is -0.119. The fourth-order valence-corrected chi connectivity index (χ4v) is 5.04. The molecule has 134 valence electrons. The zero-order valence-corrected chi connectivity index (χ0v) is 16.1. The monoisotopic (exact) mass is 376 g/mol. The Balaban J connectivity index is 1.40. The van der Waals surface area contributed by atoms with Gasteiger partial charge in [-0.05, 0) is 43.0 Å². The number of thioether (sulfide) groups is 1. The lowest BCUT2D eigenvalue weighted by Gasteiger charge is -2.29. The quantitative estimate of drug-likeness (QED) is 0.770. The third-order valence-electron chi connectivity index (χ3n) is 5.11. The van der Waals surface area contributed by atoms with Crippen LogP contribution in [-0.2, 0) is 4.79 Å². The predicted molar refractivity (Wildman–Crippen MR) is 102 cm³/mol. The van der Waals surface area contributed by atoms with Crippen LogP contribution in [0.2, 0.25) is 0 Å². The lowest BCUT2D eigenvalue weighted by Crippen LogP contribution is -2.41. The number of nitrogens with one attached hydrogen (secondary N) is 1. The predicted octanol–water partition coefficient (Wildman–Crippen LogP) is 4.13. The Morgan fingerprint density at radius 3 is 2.88 bits per heavy atom. The zero-order valence-electron chi connectivity index (χ0n) is 14.5. The Morgan fingerprint density at radius 1 is 1.32 bits per heavy atom. The molecule has 2 atom stereocenters. The van der Waals surface area contributed by atoms with Crippen molar-refractivity contribution in [2.24, 2.45) is 5.92 Å². The molecule has 0 bridgehead atoms. The SMILES string of the molecule is CC1CCCCC1NC(=O)CSc1nnc(-c2cccs2)n1C1CC1. The topological polar surface area (TPSA) is 59.8 Å². The Hall–Kier alpha value is -1.34. The molecule has 2 fully saturated rings. The Kier molecular flexibility index (Phi) is 5.12. The van der Waals surface area contributed by atoms with Crippen LogP contribution in [0.25, 0.3) is 10.7 Å². The molecule has 1 N–H and O–H groups in total. The minimum absolute atomic E-state index is 0.117. The molecule has 7 heteroatoms. The Labute approximate surface area is 156 Å². The van der Waals surface area contributed by atoms with E-state index in [1.165, 1.54) is 43.9 Å². The number of hydrogen-bond acceptors (Lipinski definition) is 5. The van der Waals surface area contributed by atoms with Crippen LogP contribution in [0.3, 0.4) is 0 Å². The van der Waals surface area contributed by atoms with Crippen molar-refractivity contribution in [1.82, 2.24) is 20.1 Å². The van der Waals surface area contributed by atoms with Gasteiger partial charge in [-0.25, -0.2) is 0 Å². The van der Waals surface area contributed by atoms with E-state index in [0.717, 1.165) is 22.3 Å². The van der Waals surface area contributed by atoms with Crippen LogP contribution in [0.1, 0.15) is 51.5 Å². The van der Waals surface area contributed by atoms with Gasteiger partial charge in [-0.1, -0.05) is 37.6 Å². The van der Waals surface area contributed by atoms with Gasteiger partial charge in [0.25, 0.3) is 0 Å². The van der Waals surface area contributed by atoms with Gasteiger partial charge in [0.15, 0.2) is 11.0 Å². The molecule has 0 aliphatic heterocycles. The molecule has 2 heterocycles. The van der Waals surface area contributed by atoms with Gasteiger partial charge < -0.3 is 5.32 Å². The maximum Gasteiger partial charge on any atom is 0.230 e. The highest BCUT2D eigenvalue weighted by molar-refractivity contribution is 7.99. The summed E-state index contributed by atoms with van der Waals surface area (Å²) in [7, 11) is 0. The van der Waals surface area contributed by atoms with Crippen LogP contribution in [0, 0.1) is 5.92 Å². The summed E-state index contributed by atoms with van der Waals surface area (Å²) in [5, 5.41) is 14.9. The summed E-state index contributed by atoms with van der Waals surface area (Å²) < 4.78 is 2.23. The second kappa shape index (κ2) is 7.50. The molecule has 2 aromatic rings. The second-order valence-corrected chi connectivity index (χ2v) is 9.00. The number of aromatic nitrogens is 3. The first-order valence-electron chi connectivity index (χ1n) is 9.13. The molecule has 0 saturated heterocycles. The number of hydrogen-bond donors (Lipinski definition) is 1. The van der Waals surface area contributed by atoms with E-state index in [2.05, 4.69) is 38.5 Å². The van der Waals surface area contributed by atoms with Crippen molar-refractivity contribution < 1.29 is 4.79 Å². The summed E-state index contributed by atoms with van der Waals surface area (Å²) in [5.74, 6) is 2.06. The van der Waals surface area contributed by atoms with Crippen LogP contribution in [0.15, 0.2) is 22.7 Å². The van der Waals surface area contributed by atoms with Crippen LogP contribution < -0.4 is 5.32 Å². The van der Waals surface area contributed by atoms with E-state index in [9.17, 15) is 4.79 Å². The Bertz CT molecular complexity index is 724. The maximum absolute atomic E-state index is 12.4. The highest BCUT2D eigenvalue weighted by Gasteiger charge is 2.31. The number of carbonyl (C=O) groups excluding carboxylic acids is 1. The van der Waals surface area contributed by atoms with Crippen molar-refractivity contribution in [3.05, 3.63) is 17.5 Å². The number of amides is 1. The third kappa shape index (κ3) is 3.92. The average molecular weight is 377 g/mol. The second-order valence-electron chi connectivity index (χ2n) is 7.11. The average Bonchev–Trinajstić information content (AvgIpc) is 3.13. The van der Waals surface area contributed by atoms with Crippen molar-refractivity contribution in [1.29, 1.82) is 0 Å². The molecule has 2 aliphatic carbocycles. The van der Waals surface area contributed by atoms with Gasteiger partial charge in [0.05, 0.1) is 10.6 Å². The van der Waals surface area contributed by atoms with Gasteiger partial charge in [-0.15, -0.1) is 21.5 Å². The van der Waals surface area contributed by atoms with E-state index in [1.807, 2.05) is 6.07 Å². The molecular formula is C18H24N4OS2. The van der Waals surface area contributed by atoms with E-state index in [1.54, 1.807) is 11.3 Å². The highest BCUT2D eigenvalue weighted by atomic mass is 32.2. The van der Waals surface area contributed by atoms with E-state index < -0.39 is 0 Å². The van der Waals surface area contributed by atoms with Crippen LogP contribution in [0.5, 0.6) is 0 Å². The number of thiophene rings is 1. The third-order valence-corrected chi connectivity index (χ3v) is 6.92. The van der Waals surface area contributed by atoms with Gasteiger partial charge in [0, 0.05) is 12.1 Å². The molecule has 2 unspecified atom stereocenters. The fraction of sp³-hybridized carbons (Fsp3) is 0.611. The molecule has 5 nitrogen and oxygen atoms in total. The molecule has 1 amide bonds. The summed E-state index contributed by atoms with van der Waals surface area (Å²) in [6, 6.07) is 4.96. The first-order chi connectivity index (χ1) is 12.2. The Morgan fingerprint density at radius 2 is 2.16 bits per heavy atom. The highest BCUT2D eigenvalue weighted by Crippen LogP contribution is 2.41. The first kappa shape index (κ1) is 17.1. The largest absolute Gasteiger partial charge is 0.352 e. The van der Waals surface area contributed by atoms with Gasteiger partial charge >= 0.3 is 0 Å². The summed E-state index contributed by atoms with van der Waals surface area (Å²) in [4.78, 5) is 13.5. The van der Waals surface area contributed by atoms with Crippen LogP contribution >= 0.6 is 23.1 Å². The number of nitrogens with zero attached hydrogens (tertiary/aromatic N) is 3. The van der Waals surface area contributed by atoms with Crippen molar-refractivity contribution in [3.63, 3.8) is 0 Å². The van der Waals surface area contributed by atoms with E-state index in [4.69, 9.17) is 0 Å². The van der Waals surface area contributed by atoms with Gasteiger partial charge in [-0.3, -0.25) is 9.36 Å². The molecule has 2 aromatic heterocycles. The van der Waals surface area contributed by atoms with Crippen molar-refractivity contribution in [3.8, 4) is 10.7 Å². The minimum atomic E-state index is 0.117. The molecule has 4 rings (SSSR count). The molecule has 2 aliphatic rings. The maximum atomic E-state index is 12.4. The number of carbonyl (C=O) groups is 1. The van der Waals surface area contributed by atoms with Gasteiger partial charge in [0.1, 0.15) is 0 Å². The summed E-state index contributed by atoms with van der Waals surface area (Å²) in [6.07, 6.45) is 7.20. The normalized spacial score (nSPS) is 23.6. The molecule has 0 radical (unpaired) electrons. The lowest BCUT2D eigenvalue weighted by atomic mass is 9.86. The summed E-state index contributed by atoms with van der Waals surface area (Å²) >= 11 is 3.20. The van der Waals surface area contributed by atoms with E-state index in [-0.39, 0.29) is 5.91 Å². The molecule has 25 heavy (non-hydrogen) atoms. The van der Waals surface area contributed by atoms with Crippen molar-refractivity contribution >= 4 is 29.0 Å². The fourth-order valence-electron chi connectivity index (χ4n) is 3.52. The van der Waals surface area contributed by atoms with Gasteiger partial charge in [-0.2, -0.15) is 0 Å². The van der Waals surface area contributed by atoms with Crippen LogP contribution in [-0.4, -0.2) is 32.5 Å². The van der Waals surface area contributed by atoms with E-state index >= 15 is 0 Å². The van der Waals surface area contributed by atoms with Crippen molar-refractivity contribution in [2.45, 2.75) is 62.7 Å². The van der Waals surface area contributed by atoms with Crippen LogP contribution in [0.4, 0.5) is 0 Å². The van der Waals surface area contributed by atoms with E-state index in [0.29, 0.717) is 23.8 Å². The standard InChI is InChI=1S/C18H24N4OS2/c1-12-5-2-3-6-14(12)19-16(23)11-25-18-21-20-17(15-7-4-10-24-15)22(18)13-8-9-13/h4,7,10,12-14H,2-3,5-6,8-9,11H2,1H3,(H,19,23). The van der Waals surface area contributed by atoms with Crippen molar-refractivity contribution in [2.75, 3.05) is 5.75 Å². The summed E-state index contributed by atoms with van der Waals surface area (Å²) in [5.41, 5.74) is 0. The smallest absolute Gasteiger partial charge is 0.230 e. The minimum Gasteiger partial charge on any atom is -0.352 e. The summed E-state index contributed by atoms with van der Waals surface area (Å²) in [6.45, 7) is 2.24. The first-order valence-corrected chi connectivity index (χ1v) is 11.0. The molecular weight excluding hydrogens is 352 g/mol. The molecule has 0 spiro atoms.